The van der Waals surface area contributed by atoms with Crippen LogP contribution in [0.3, 0.4) is 0 Å². The van der Waals surface area contributed by atoms with E-state index >= 15 is 0 Å². The molecule has 0 N–H and O–H groups in total. The molecule has 0 spiro atoms. The normalized spacial score (nSPS) is 14.2. The molecular weight excluding hydrogens is 666 g/mol. The average Bonchev–Trinajstić information content (AvgIpc) is 3.41. The monoisotopic (exact) mass is 695 g/mol. The number of aryl methyl sites for hydroxylation is 1. The second kappa shape index (κ2) is 11.4. The molecule has 0 saturated carbocycles. The Hall–Kier alpha value is -4.88. The van der Waals surface area contributed by atoms with E-state index in [0.717, 1.165) is 33.6 Å². The zero-order chi connectivity index (χ0) is 30.9. The summed E-state index contributed by atoms with van der Waals surface area (Å²) in [6.07, 6.45) is 1.88. The van der Waals surface area contributed by atoms with E-state index in [-0.39, 0.29) is 27.3 Å². The fourth-order valence-corrected chi connectivity index (χ4v) is 7.25. The molecule has 3 aliphatic rings. The number of fused-ring (bicyclic) bond motifs is 11. The van der Waals surface area contributed by atoms with Crippen LogP contribution in [0.5, 0.6) is 0 Å². The molecular formula is C41H30BN4Pd-3. The molecule has 6 heteroatoms. The number of para-hydroxylation sites is 3. The van der Waals surface area contributed by atoms with Crippen LogP contribution < -0.4 is 25.5 Å². The number of pyridine rings is 1. The molecule has 0 amide bonds. The van der Waals surface area contributed by atoms with Gasteiger partial charge < -0.3 is 19.6 Å². The Labute approximate surface area is 290 Å². The summed E-state index contributed by atoms with van der Waals surface area (Å²) in [5.74, 6) is 0. The van der Waals surface area contributed by atoms with Crippen molar-refractivity contribution in [2.75, 3.05) is 14.6 Å². The number of nitrogens with zero attached hydrogens (tertiary/aromatic N) is 4. The van der Waals surface area contributed by atoms with Crippen LogP contribution in [0, 0.1) is 25.7 Å². The summed E-state index contributed by atoms with van der Waals surface area (Å²) in [7, 11) is 0. The fourth-order valence-electron chi connectivity index (χ4n) is 7.25. The van der Waals surface area contributed by atoms with Gasteiger partial charge in [0, 0.05) is 55.1 Å². The molecule has 0 bridgehead atoms. The van der Waals surface area contributed by atoms with Crippen molar-refractivity contribution in [1.29, 1.82) is 0 Å². The molecule has 0 atom stereocenters. The van der Waals surface area contributed by atoms with Crippen molar-refractivity contribution in [3.05, 3.63) is 157 Å². The number of benzene rings is 5. The molecule has 5 aromatic carbocycles. The topological polar surface area (TPSA) is 22.6 Å². The van der Waals surface area contributed by atoms with Crippen molar-refractivity contribution in [2.45, 2.75) is 20.8 Å². The first-order valence-corrected chi connectivity index (χ1v) is 15.8. The number of anilines is 4. The van der Waals surface area contributed by atoms with Crippen molar-refractivity contribution in [3.63, 3.8) is 0 Å². The Morgan fingerprint density at radius 2 is 1.23 bits per heavy atom. The van der Waals surface area contributed by atoms with Gasteiger partial charge in [-0.15, -0.1) is 58.8 Å². The van der Waals surface area contributed by atoms with Gasteiger partial charge in [0.1, 0.15) is 0 Å². The van der Waals surface area contributed by atoms with Gasteiger partial charge in [-0.2, -0.15) is 17.6 Å². The first-order valence-electron chi connectivity index (χ1n) is 15.8. The molecule has 230 valence electrons. The summed E-state index contributed by atoms with van der Waals surface area (Å²) in [6, 6.07) is 49.0. The first-order chi connectivity index (χ1) is 22.6. The van der Waals surface area contributed by atoms with Gasteiger partial charge in [-0.3, -0.25) is 0 Å². The number of aromatic nitrogens is 1. The zero-order valence-corrected chi connectivity index (χ0v) is 27.9. The summed E-state index contributed by atoms with van der Waals surface area (Å²) >= 11 is 0. The number of hydrogen-bond acceptors (Lipinski definition) is 4. The maximum absolute atomic E-state index is 4.73. The van der Waals surface area contributed by atoms with Crippen LogP contribution in [-0.2, 0) is 20.4 Å². The van der Waals surface area contributed by atoms with E-state index in [0.29, 0.717) is 0 Å². The van der Waals surface area contributed by atoms with Crippen LogP contribution in [0.4, 0.5) is 22.7 Å². The Bertz CT molecular complexity index is 2210. The maximum atomic E-state index is 4.73. The quantitative estimate of drug-likeness (QED) is 0.137. The molecule has 3 aliphatic heterocycles. The predicted octanol–water partition coefficient (Wildman–Crippen LogP) is 8.26. The van der Waals surface area contributed by atoms with Gasteiger partial charge in [-0.1, -0.05) is 71.8 Å². The third-order valence-electron chi connectivity index (χ3n) is 9.61. The van der Waals surface area contributed by atoms with Crippen LogP contribution in [-0.4, -0.2) is 11.8 Å². The Kier molecular flexibility index (Phi) is 7.17. The van der Waals surface area contributed by atoms with Gasteiger partial charge in [0.05, 0.1) is 0 Å². The molecule has 1 aromatic heterocycles. The Balaban J connectivity index is 0.00000324. The van der Waals surface area contributed by atoms with E-state index in [2.05, 4.69) is 163 Å². The molecule has 4 nitrogen and oxygen atoms in total. The molecule has 0 radical (unpaired) electrons. The van der Waals surface area contributed by atoms with E-state index < -0.39 is 0 Å². The summed E-state index contributed by atoms with van der Waals surface area (Å²) in [5, 5.41) is 0. The predicted molar refractivity (Wildman–Crippen MR) is 191 cm³/mol. The van der Waals surface area contributed by atoms with Crippen molar-refractivity contribution in [3.8, 4) is 33.5 Å². The summed E-state index contributed by atoms with van der Waals surface area (Å²) in [6.45, 7) is 8.55. The number of allylic oxidation sites excluding steroid dienone is 2. The number of hydrogen-bond donors (Lipinski definition) is 0. The molecule has 9 rings (SSSR count). The average molecular weight is 696 g/mol. The van der Waals surface area contributed by atoms with Crippen LogP contribution in [0.25, 0.3) is 33.5 Å². The summed E-state index contributed by atoms with van der Waals surface area (Å²) < 4.78 is 0. The van der Waals surface area contributed by atoms with E-state index in [9.17, 15) is 0 Å². The Morgan fingerprint density at radius 1 is 0.617 bits per heavy atom. The van der Waals surface area contributed by atoms with Crippen LogP contribution in [0.1, 0.15) is 19.4 Å². The molecule has 6 aromatic rings. The van der Waals surface area contributed by atoms with E-state index in [1.165, 1.54) is 50.6 Å². The van der Waals surface area contributed by atoms with E-state index in [1.54, 1.807) is 0 Å². The molecule has 0 saturated heterocycles. The van der Waals surface area contributed by atoms with Gasteiger partial charge in [-0.05, 0) is 62.4 Å². The van der Waals surface area contributed by atoms with Crippen LogP contribution in [0.15, 0.2) is 133 Å². The zero-order valence-electron chi connectivity index (χ0n) is 26.3. The largest absolute Gasteiger partial charge is 0.497 e. The van der Waals surface area contributed by atoms with E-state index in [4.69, 9.17) is 4.98 Å². The summed E-state index contributed by atoms with van der Waals surface area (Å²) in [4.78, 5) is 11.7. The molecule has 4 heterocycles. The van der Waals surface area contributed by atoms with Crippen molar-refractivity contribution < 1.29 is 20.4 Å². The molecule has 0 fully saturated rings. The third kappa shape index (κ3) is 4.59. The SMILES string of the molecule is CC1=C(C)N(c2ccccc2)[CH-]N1c1[c-]c2c(cc1)-c1ccccc1N1B2c2[c-]c(-c3cc(C)ccn3)ccc2-c2ccccc21.[Pd]. The Morgan fingerprint density at radius 3 is 1.94 bits per heavy atom. The van der Waals surface area contributed by atoms with E-state index in [1.807, 2.05) is 12.3 Å². The third-order valence-corrected chi connectivity index (χ3v) is 9.61. The maximum Gasteiger partial charge on any atom is 0.285 e. The minimum absolute atomic E-state index is 0. The first kappa shape index (κ1) is 29.5. The van der Waals surface area contributed by atoms with Crippen LogP contribution >= 0.6 is 0 Å². The van der Waals surface area contributed by atoms with Gasteiger partial charge >= 0.3 is 0 Å². The minimum atomic E-state index is -0.113. The molecule has 0 unspecified atom stereocenters. The minimum Gasteiger partial charge on any atom is -0.497 e. The van der Waals surface area contributed by atoms with Crippen molar-refractivity contribution >= 4 is 40.5 Å². The second-order valence-electron chi connectivity index (χ2n) is 12.3. The van der Waals surface area contributed by atoms with Gasteiger partial charge in [-0.25, -0.2) is 0 Å². The van der Waals surface area contributed by atoms with Gasteiger partial charge in [0.15, 0.2) is 0 Å². The fraction of sp³-hybridized carbons (Fsp3) is 0.0732. The standard InChI is InChI=1S/C41H30BN4.Pd/c1-27-21-22-43-39(23-27)30-17-19-33-35-13-7-9-15-40(35)46-41-16-10-8-14-36(41)34-20-18-32(25-38(34)42(46)37(33)24-30)45-26-44(28(2)29(45)3)31-11-5-4-6-12-31;/h4-23,26H,1-3H3;/q-3;. The van der Waals surface area contributed by atoms with Gasteiger partial charge in [0.2, 0.25) is 0 Å². The number of rotatable bonds is 3. The molecule has 47 heavy (non-hydrogen) atoms. The van der Waals surface area contributed by atoms with Gasteiger partial charge in [0.25, 0.3) is 6.85 Å². The van der Waals surface area contributed by atoms with Crippen molar-refractivity contribution in [2.24, 2.45) is 0 Å². The van der Waals surface area contributed by atoms with Crippen LogP contribution in [0.2, 0.25) is 0 Å². The molecule has 0 aliphatic carbocycles. The second-order valence-corrected chi connectivity index (χ2v) is 12.3. The smallest absolute Gasteiger partial charge is 0.285 e. The summed E-state index contributed by atoms with van der Waals surface area (Å²) in [5.41, 5.74) is 17.2. The van der Waals surface area contributed by atoms with Crippen molar-refractivity contribution in [1.82, 2.24) is 4.98 Å².